The van der Waals surface area contributed by atoms with Crippen LogP contribution in [-0.2, 0) is 11.2 Å². The number of hydrogen-bond donors (Lipinski definition) is 1. The van der Waals surface area contributed by atoms with Gasteiger partial charge in [0.05, 0.1) is 13.2 Å². The Morgan fingerprint density at radius 2 is 1.84 bits per heavy atom. The number of ketones is 1. The molecule has 1 heterocycles. The summed E-state index contributed by atoms with van der Waals surface area (Å²) in [6.07, 6.45) is 1.59. The van der Waals surface area contributed by atoms with E-state index in [1.807, 2.05) is 37.3 Å². The zero-order valence-electron chi connectivity index (χ0n) is 18.7. The van der Waals surface area contributed by atoms with Crippen LogP contribution >= 0.6 is 0 Å². The van der Waals surface area contributed by atoms with Gasteiger partial charge in [-0.1, -0.05) is 59.3 Å². The predicted molar refractivity (Wildman–Crippen MR) is 127 cm³/mol. The van der Waals surface area contributed by atoms with Gasteiger partial charge in [0.1, 0.15) is 17.3 Å². The first kappa shape index (κ1) is 21.6. The summed E-state index contributed by atoms with van der Waals surface area (Å²) in [6, 6.07) is 22.3. The van der Waals surface area contributed by atoms with Crippen LogP contribution in [0.5, 0.6) is 5.75 Å². The van der Waals surface area contributed by atoms with Crippen LogP contribution in [0, 0.1) is 13.8 Å². The molecule has 1 N–H and O–H groups in total. The quantitative estimate of drug-likeness (QED) is 0.344. The van der Waals surface area contributed by atoms with Crippen LogP contribution < -0.4 is 10.1 Å². The highest BCUT2D eigenvalue weighted by Gasteiger charge is 2.18. The van der Waals surface area contributed by atoms with E-state index in [-0.39, 0.29) is 11.8 Å². The SMILES string of the molecule is COc1ccc2cc(CCC(=O)CC(Nc3cc(C)on3)c3cccc(C)c3)ccc2c1. The van der Waals surface area contributed by atoms with Gasteiger partial charge >= 0.3 is 0 Å². The number of aromatic nitrogens is 1. The first-order valence-electron chi connectivity index (χ1n) is 10.8. The molecule has 0 fully saturated rings. The highest BCUT2D eigenvalue weighted by Crippen LogP contribution is 2.26. The minimum absolute atomic E-state index is 0.157. The normalized spacial score (nSPS) is 12.0. The molecule has 4 aromatic rings. The number of rotatable bonds is 9. The first-order chi connectivity index (χ1) is 15.5. The first-order valence-corrected chi connectivity index (χ1v) is 10.8. The van der Waals surface area contributed by atoms with Gasteiger partial charge in [-0.05, 0) is 54.3 Å². The van der Waals surface area contributed by atoms with Crippen molar-refractivity contribution in [3.8, 4) is 5.75 Å². The number of nitrogens with zero attached hydrogens (tertiary/aromatic N) is 1. The molecule has 1 unspecified atom stereocenters. The Bertz CT molecular complexity index is 1230. The van der Waals surface area contributed by atoms with E-state index >= 15 is 0 Å². The minimum Gasteiger partial charge on any atom is -0.497 e. The van der Waals surface area contributed by atoms with Gasteiger partial charge in [-0.15, -0.1) is 0 Å². The number of carbonyl (C=O) groups excluding carboxylic acids is 1. The Morgan fingerprint density at radius 3 is 2.59 bits per heavy atom. The second kappa shape index (κ2) is 9.69. The van der Waals surface area contributed by atoms with Crippen LogP contribution in [0.15, 0.2) is 71.3 Å². The molecule has 4 rings (SSSR count). The zero-order valence-corrected chi connectivity index (χ0v) is 18.7. The number of fused-ring (bicyclic) bond motifs is 1. The summed E-state index contributed by atoms with van der Waals surface area (Å²) in [6.45, 7) is 3.91. The lowest BCUT2D eigenvalue weighted by atomic mass is 9.96. The maximum Gasteiger partial charge on any atom is 0.170 e. The monoisotopic (exact) mass is 428 g/mol. The summed E-state index contributed by atoms with van der Waals surface area (Å²) in [5.74, 6) is 2.43. The largest absolute Gasteiger partial charge is 0.497 e. The molecule has 1 atom stereocenters. The van der Waals surface area contributed by atoms with Crippen molar-refractivity contribution in [1.82, 2.24) is 5.16 Å². The van der Waals surface area contributed by atoms with E-state index in [1.165, 1.54) is 0 Å². The van der Waals surface area contributed by atoms with Gasteiger partial charge in [0.25, 0.3) is 0 Å². The number of methoxy groups -OCH3 is 1. The fourth-order valence-corrected chi connectivity index (χ4v) is 3.92. The predicted octanol–water partition coefficient (Wildman–Crippen LogP) is 6.20. The van der Waals surface area contributed by atoms with E-state index in [0.717, 1.165) is 39.0 Å². The van der Waals surface area contributed by atoms with Crippen LogP contribution in [0.2, 0.25) is 0 Å². The van der Waals surface area contributed by atoms with Gasteiger partial charge in [0, 0.05) is 18.9 Å². The maximum atomic E-state index is 12.9. The second-order valence-electron chi connectivity index (χ2n) is 8.22. The van der Waals surface area contributed by atoms with Gasteiger partial charge < -0.3 is 14.6 Å². The van der Waals surface area contributed by atoms with Gasteiger partial charge in [-0.3, -0.25) is 4.79 Å². The van der Waals surface area contributed by atoms with Crippen molar-refractivity contribution in [2.75, 3.05) is 12.4 Å². The van der Waals surface area contributed by atoms with Gasteiger partial charge in [-0.25, -0.2) is 0 Å². The molecule has 0 aliphatic heterocycles. The molecule has 164 valence electrons. The number of hydrogen-bond acceptors (Lipinski definition) is 5. The zero-order chi connectivity index (χ0) is 22.5. The Labute approximate surface area is 188 Å². The van der Waals surface area contributed by atoms with Gasteiger partial charge in [-0.2, -0.15) is 0 Å². The van der Waals surface area contributed by atoms with Crippen molar-refractivity contribution in [1.29, 1.82) is 0 Å². The van der Waals surface area contributed by atoms with Crippen LogP contribution in [0.25, 0.3) is 10.8 Å². The third kappa shape index (κ3) is 5.35. The third-order valence-electron chi connectivity index (χ3n) is 5.63. The van der Waals surface area contributed by atoms with E-state index < -0.39 is 0 Å². The molecule has 0 aliphatic rings. The summed E-state index contributed by atoms with van der Waals surface area (Å²) in [5.41, 5.74) is 3.38. The molecule has 0 spiro atoms. The Kier molecular flexibility index (Phi) is 6.55. The average molecular weight is 429 g/mol. The number of anilines is 1. The van der Waals surface area contributed by atoms with Gasteiger partial charge in [0.2, 0.25) is 0 Å². The molecule has 0 saturated carbocycles. The van der Waals surface area contributed by atoms with E-state index in [1.54, 1.807) is 7.11 Å². The number of Topliss-reactive ketones (excluding diaryl/α,β-unsaturated/α-hetero) is 1. The summed E-state index contributed by atoms with van der Waals surface area (Å²) < 4.78 is 10.5. The van der Waals surface area contributed by atoms with Crippen molar-refractivity contribution < 1.29 is 14.1 Å². The molecule has 0 amide bonds. The molecule has 1 aromatic heterocycles. The van der Waals surface area contributed by atoms with Crippen molar-refractivity contribution in [2.45, 2.75) is 39.2 Å². The highest BCUT2D eigenvalue weighted by molar-refractivity contribution is 5.85. The fraction of sp³-hybridized carbons (Fsp3) is 0.259. The topological polar surface area (TPSA) is 64.4 Å². The van der Waals surface area contributed by atoms with Crippen molar-refractivity contribution in [3.63, 3.8) is 0 Å². The molecule has 0 saturated heterocycles. The molecule has 32 heavy (non-hydrogen) atoms. The molecule has 0 radical (unpaired) electrons. The molecular weight excluding hydrogens is 400 g/mol. The number of carbonyl (C=O) groups is 1. The third-order valence-corrected chi connectivity index (χ3v) is 5.63. The highest BCUT2D eigenvalue weighted by atomic mass is 16.5. The summed E-state index contributed by atoms with van der Waals surface area (Å²) in [4.78, 5) is 12.9. The Morgan fingerprint density at radius 1 is 1.03 bits per heavy atom. The molecular formula is C27H28N2O3. The fourth-order valence-electron chi connectivity index (χ4n) is 3.92. The standard InChI is InChI=1S/C27H28N2O3/c1-18-5-4-6-23(13-18)26(28-27-14-19(2)32-29-27)17-24(30)11-8-20-7-9-22-16-25(31-3)12-10-21(22)15-20/h4-7,9-10,12-16,26H,8,11,17H2,1-3H3,(H,28,29). The molecule has 5 heteroatoms. The van der Waals surface area contributed by atoms with Crippen molar-refractivity contribution in [3.05, 3.63) is 89.2 Å². The van der Waals surface area contributed by atoms with Crippen LogP contribution in [0.3, 0.4) is 0 Å². The summed E-state index contributed by atoms with van der Waals surface area (Å²) >= 11 is 0. The lowest BCUT2D eigenvalue weighted by Gasteiger charge is -2.18. The summed E-state index contributed by atoms with van der Waals surface area (Å²) in [7, 11) is 1.67. The average Bonchev–Trinajstić information content (AvgIpc) is 3.21. The lowest BCUT2D eigenvalue weighted by molar-refractivity contribution is -0.119. The minimum atomic E-state index is -0.157. The van der Waals surface area contributed by atoms with Crippen LogP contribution in [0.1, 0.15) is 41.3 Å². The Hall–Kier alpha value is -3.60. The molecule has 3 aromatic carbocycles. The van der Waals surface area contributed by atoms with Crippen LogP contribution in [-0.4, -0.2) is 18.0 Å². The number of ether oxygens (including phenoxy) is 1. The smallest absolute Gasteiger partial charge is 0.170 e. The van der Waals surface area contributed by atoms with Crippen LogP contribution in [0.4, 0.5) is 5.82 Å². The number of benzene rings is 3. The summed E-state index contributed by atoms with van der Waals surface area (Å²) in [5, 5.41) is 9.69. The molecule has 0 aliphatic carbocycles. The lowest BCUT2D eigenvalue weighted by Crippen LogP contribution is -2.16. The van der Waals surface area contributed by atoms with E-state index in [9.17, 15) is 4.79 Å². The maximum absolute atomic E-state index is 12.9. The molecule has 5 nitrogen and oxygen atoms in total. The van der Waals surface area contributed by atoms with E-state index in [2.05, 4.69) is 53.8 Å². The molecule has 0 bridgehead atoms. The van der Waals surface area contributed by atoms with E-state index in [4.69, 9.17) is 9.26 Å². The van der Waals surface area contributed by atoms with Gasteiger partial charge in [0.15, 0.2) is 5.82 Å². The number of nitrogens with one attached hydrogen (secondary N) is 1. The Balaban J connectivity index is 1.44. The number of aryl methyl sites for hydroxylation is 3. The van der Waals surface area contributed by atoms with Crippen molar-refractivity contribution in [2.24, 2.45) is 0 Å². The van der Waals surface area contributed by atoms with E-state index in [0.29, 0.717) is 25.1 Å². The second-order valence-corrected chi connectivity index (χ2v) is 8.22. The van der Waals surface area contributed by atoms with Crippen molar-refractivity contribution >= 4 is 22.4 Å².